The highest BCUT2D eigenvalue weighted by atomic mass is 16.3. The van der Waals surface area contributed by atoms with Crippen LogP contribution < -0.4 is 60.2 Å². The number of hydrogen-bond donors (Lipinski definition) is 13. The summed E-state index contributed by atoms with van der Waals surface area (Å²) >= 11 is 0. The van der Waals surface area contributed by atoms with Gasteiger partial charge in [0.15, 0.2) is 0 Å². The van der Waals surface area contributed by atoms with Gasteiger partial charge in [0.1, 0.15) is 48.0 Å². The number of aliphatic hydroxyl groups excluding tert-OH is 1. The number of aliphatic hydroxyl groups is 1. The Morgan fingerprint density at radius 1 is 0.554 bits per heavy atom. The van der Waals surface area contributed by atoms with E-state index < -0.39 is 164 Å². The maximum atomic E-state index is 14.3. The fourth-order valence-corrected chi connectivity index (χ4v) is 8.61. The van der Waals surface area contributed by atoms with Crippen molar-refractivity contribution in [2.75, 3.05) is 13.2 Å². The molecule has 410 valence electrons. The van der Waals surface area contributed by atoms with Crippen molar-refractivity contribution in [1.29, 1.82) is 0 Å². The molecule has 8 atom stereocenters. The van der Waals surface area contributed by atoms with Gasteiger partial charge in [-0.3, -0.25) is 57.5 Å². The largest absolute Gasteiger partial charge is 0.508 e. The van der Waals surface area contributed by atoms with Crippen LogP contribution in [-0.2, 0) is 64.0 Å². The molecule has 2 aliphatic rings. The Hall–Kier alpha value is -7.38. The summed E-state index contributed by atoms with van der Waals surface area (Å²) in [4.78, 5) is 162. The van der Waals surface area contributed by atoms with Crippen molar-refractivity contribution in [2.24, 2.45) is 22.9 Å². The highest BCUT2D eigenvalue weighted by molar-refractivity contribution is 6.00. The number of amides is 12. The van der Waals surface area contributed by atoms with Crippen molar-refractivity contribution < 1.29 is 67.7 Å². The minimum Gasteiger partial charge on any atom is -0.508 e. The minimum atomic E-state index is -1.96. The summed E-state index contributed by atoms with van der Waals surface area (Å²) in [6, 6.07) is -7.39. The van der Waals surface area contributed by atoms with Gasteiger partial charge in [-0.15, -0.1) is 0 Å². The van der Waals surface area contributed by atoms with Crippen LogP contribution in [0.4, 0.5) is 0 Å². The van der Waals surface area contributed by atoms with E-state index in [1.807, 2.05) is 0 Å². The number of nitrogens with zero attached hydrogens (tertiary/aromatic N) is 1. The van der Waals surface area contributed by atoms with E-state index in [-0.39, 0.29) is 31.6 Å². The van der Waals surface area contributed by atoms with Crippen molar-refractivity contribution in [1.82, 2.24) is 42.1 Å². The molecule has 74 heavy (non-hydrogen) atoms. The van der Waals surface area contributed by atoms with Crippen LogP contribution in [0.5, 0.6) is 5.75 Å². The standard InChI is InChI=1S/C48H74N12O14/c1-2-3-4-5-6-7-8-9-10-12-28-22-41(67)54-32(23-38(50)64)43(69)56-31(21-27-14-16-29(62)17-15-27)42(68)57-34(25-40(52)66)45(71)59-35(26-61)46(72)58-33(24-39(51)65)44(70)55-30(18-19-37(49)63)48(74)60-20-11-13-36(60)47(73)53-28/h14-17,28,30-36,61-62H,2-13,18-26H2,1H3,(H2,49,63)(H2,50,64)(H2,51,65)(H2,52,66)(H,53,73)(H,54,67)(H,55,70)(H,56,69)(H,57,68)(H,58,72)(H,59,71)/t28?,30?,31?,32?,33?,34?,35-,36-/m0/s1. The van der Waals surface area contributed by atoms with E-state index in [0.717, 1.165) is 51.4 Å². The van der Waals surface area contributed by atoms with E-state index in [0.29, 0.717) is 18.4 Å². The first-order chi connectivity index (χ1) is 35.1. The number of phenolic OH excluding ortho intramolecular Hbond substituents is 1. The molecule has 3 rings (SSSR count). The molecule has 1 aromatic carbocycles. The Morgan fingerprint density at radius 2 is 1.01 bits per heavy atom. The van der Waals surface area contributed by atoms with Gasteiger partial charge in [0.2, 0.25) is 70.9 Å². The fraction of sp³-hybridized carbons (Fsp3) is 0.625. The number of hydrogen-bond acceptors (Lipinski definition) is 14. The third-order valence-corrected chi connectivity index (χ3v) is 12.5. The second kappa shape index (κ2) is 31.3. The third-order valence-electron chi connectivity index (χ3n) is 12.5. The van der Waals surface area contributed by atoms with Crippen molar-refractivity contribution in [3.8, 4) is 5.75 Å². The van der Waals surface area contributed by atoms with Crippen LogP contribution >= 0.6 is 0 Å². The van der Waals surface area contributed by atoms with Crippen LogP contribution in [0.3, 0.4) is 0 Å². The Balaban J connectivity index is 2.13. The van der Waals surface area contributed by atoms with Gasteiger partial charge in [-0.1, -0.05) is 76.8 Å². The number of nitrogens with one attached hydrogen (secondary N) is 7. The number of aromatic hydroxyl groups is 1. The number of primary amides is 4. The molecular weight excluding hydrogens is 969 g/mol. The maximum absolute atomic E-state index is 14.3. The monoisotopic (exact) mass is 1040 g/mol. The van der Waals surface area contributed by atoms with E-state index in [1.54, 1.807) is 0 Å². The van der Waals surface area contributed by atoms with Gasteiger partial charge >= 0.3 is 0 Å². The molecule has 2 heterocycles. The Kier molecular flexibility index (Phi) is 25.7. The number of benzene rings is 1. The summed E-state index contributed by atoms with van der Waals surface area (Å²) in [5.41, 5.74) is 22.1. The van der Waals surface area contributed by atoms with Crippen molar-refractivity contribution >= 4 is 70.9 Å². The third kappa shape index (κ3) is 21.4. The van der Waals surface area contributed by atoms with E-state index >= 15 is 0 Å². The number of unbranched alkanes of at least 4 members (excludes halogenated alkanes) is 8. The number of rotatable bonds is 22. The van der Waals surface area contributed by atoms with E-state index in [2.05, 4.69) is 44.1 Å². The van der Waals surface area contributed by atoms with Crippen LogP contribution in [-0.4, -0.2) is 147 Å². The van der Waals surface area contributed by atoms with Gasteiger partial charge in [-0.2, -0.15) is 0 Å². The van der Waals surface area contributed by atoms with Gasteiger partial charge < -0.3 is 75.3 Å². The maximum Gasteiger partial charge on any atom is 0.245 e. The zero-order chi connectivity index (χ0) is 54.9. The summed E-state index contributed by atoms with van der Waals surface area (Å²) in [6.07, 6.45) is 5.18. The molecule has 17 N–H and O–H groups in total. The molecule has 2 fully saturated rings. The van der Waals surface area contributed by atoms with E-state index in [1.165, 1.54) is 29.2 Å². The van der Waals surface area contributed by atoms with Gasteiger partial charge in [-0.25, -0.2) is 0 Å². The highest BCUT2D eigenvalue weighted by Crippen LogP contribution is 2.22. The average Bonchev–Trinajstić information content (AvgIpc) is 3.83. The summed E-state index contributed by atoms with van der Waals surface area (Å²) in [5, 5.41) is 36.9. The van der Waals surface area contributed by atoms with Crippen molar-refractivity contribution in [3.05, 3.63) is 29.8 Å². The Morgan fingerprint density at radius 3 is 1.53 bits per heavy atom. The zero-order valence-corrected chi connectivity index (χ0v) is 41.8. The molecule has 0 aromatic heterocycles. The lowest BCUT2D eigenvalue weighted by Gasteiger charge is -2.31. The first-order valence-corrected chi connectivity index (χ1v) is 25.1. The molecule has 0 spiro atoms. The lowest BCUT2D eigenvalue weighted by Crippen LogP contribution is -2.61. The normalized spacial score (nSPS) is 24.1. The molecular formula is C48H74N12O14. The first-order valence-electron chi connectivity index (χ1n) is 25.1. The predicted molar refractivity (Wildman–Crippen MR) is 263 cm³/mol. The highest BCUT2D eigenvalue weighted by Gasteiger charge is 2.40. The Labute approximate surface area is 428 Å². The minimum absolute atomic E-state index is 0.00829. The number of fused-ring (bicyclic) bond motifs is 1. The summed E-state index contributed by atoms with van der Waals surface area (Å²) in [6.45, 7) is 0.963. The van der Waals surface area contributed by atoms with Crippen LogP contribution in [0.25, 0.3) is 0 Å². The van der Waals surface area contributed by atoms with Crippen LogP contribution in [0.1, 0.15) is 128 Å². The van der Waals surface area contributed by atoms with Crippen LogP contribution in [0.15, 0.2) is 24.3 Å². The average molecular weight is 1040 g/mol. The van der Waals surface area contributed by atoms with Crippen LogP contribution in [0.2, 0.25) is 0 Å². The quantitative estimate of drug-likeness (QED) is 0.0502. The number of nitrogens with two attached hydrogens (primary N) is 4. The predicted octanol–water partition coefficient (Wildman–Crippen LogP) is -3.47. The second-order valence-electron chi connectivity index (χ2n) is 18.7. The molecule has 6 unspecified atom stereocenters. The number of carbonyl (C=O) groups is 12. The van der Waals surface area contributed by atoms with Gasteiger partial charge in [0.05, 0.1) is 25.9 Å². The van der Waals surface area contributed by atoms with Crippen molar-refractivity contribution in [2.45, 2.75) is 177 Å². The topological polar surface area (TPSA) is 437 Å². The van der Waals surface area contributed by atoms with Gasteiger partial charge in [0.25, 0.3) is 0 Å². The second-order valence-corrected chi connectivity index (χ2v) is 18.7. The number of phenols is 1. The van der Waals surface area contributed by atoms with E-state index in [9.17, 15) is 67.7 Å². The molecule has 0 saturated carbocycles. The molecule has 0 radical (unpaired) electrons. The lowest BCUT2D eigenvalue weighted by atomic mass is 10.0. The molecule has 0 bridgehead atoms. The molecule has 1 aromatic rings. The SMILES string of the molecule is CCCCCCCCCCCC1CC(=O)NC(CC(N)=O)C(=O)NC(Cc2ccc(O)cc2)C(=O)NC(CC(N)=O)C(=O)N[C@@H](CO)C(=O)NC(CC(N)=O)C(=O)NC(CCC(N)=O)C(=O)N2CCC[C@H]2C(=O)N1. The molecule has 0 aliphatic carbocycles. The smallest absolute Gasteiger partial charge is 0.245 e. The van der Waals surface area contributed by atoms with E-state index in [4.69, 9.17) is 22.9 Å². The van der Waals surface area contributed by atoms with Gasteiger partial charge in [-0.05, 0) is 43.4 Å². The fourth-order valence-electron chi connectivity index (χ4n) is 8.61. The van der Waals surface area contributed by atoms with Crippen LogP contribution in [0, 0.1) is 0 Å². The molecule has 26 heteroatoms. The Bertz CT molecular complexity index is 2160. The first kappa shape index (κ1) is 60.9. The molecule has 2 aliphatic heterocycles. The van der Waals surface area contributed by atoms with Crippen molar-refractivity contribution in [3.63, 3.8) is 0 Å². The number of carbonyl (C=O) groups excluding carboxylic acids is 12. The summed E-state index contributed by atoms with van der Waals surface area (Å²) < 4.78 is 0. The zero-order valence-electron chi connectivity index (χ0n) is 41.8. The molecule has 2 saturated heterocycles. The van der Waals surface area contributed by atoms with Gasteiger partial charge in [0, 0.05) is 31.8 Å². The summed E-state index contributed by atoms with van der Waals surface area (Å²) in [7, 11) is 0. The molecule has 12 amide bonds. The summed E-state index contributed by atoms with van der Waals surface area (Å²) in [5.74, 6) is -12.7. The molecule has 26 nitrogen and oxygen atoms in total. The lowest BCUT2D eigenvalue weighted by molar-refractivity contribution is -0.142.